The van der Waals surface area contributed by atoms with Crippen molar-refractivity contribution in [1.29, 1.82) is 0 Å². The molecule has 1 unspecified atom stereocenters. The highest BCUT2D eigenvalue weighted by Gasteiger charge is 2.29. The first-order chi connectivity index (χ1) is 11.6. The molecule has 3 rings (SSSR count). The van der Waals surface area contributed by atoms with Crippen molar-refractivity contribution >= 4 is 5.91 Å². The third-order valence-corrected chi connectivity index (χ3v) is 4.29. The minimum Gasteiger partial charge on any atom is -0.379 e. The van der Waals surface area contributed by atoms with E-state index in [0.717, 1.165) is 45.0 Å². The molecule has 0 spiro atoms. The fourth-order valence-corrected chi connectivity index (χ4v) is 3.11. The Morgan fingerprint density at radius 2 is 1.75 bits per heavy atom. The summed E-state index contributed by atoms with van der Waals surface area (Å²) in [6, 6.07) is 6.50. The summed E-state index contributed by atoms with van der Waals surface area (Å²) in [5.74, 6) is 0.181. The van der Waals surface area contributed by atoms with Gasteiger partial charge in [-0.05, 0) is 25.5 Å². The fraction of sp³-hybridized carbons (Fsp3) is 0.650. The van der Waals surface area contributed by atoms with E-state index in [1.807, 2.05) is 44.7 Å². The van der Waals surface area contributed by atoms with Crippen LogP contribution in [0.1, 0.15) is 56.1 Å². The van der Waals surface area contributed by atoms with Gasteiger partial charge >= 0.3 is 0 Å². The summed E-state index contributed by atoms with van der Waals surface area (Å²) in [5.41, 5.74) is 3.27. The average Bonchev–Trinajstić information content (AvgIpc) is 2.94. The lowest BCUT2D eigenvalue weighted by Gasteiger charge is -2.34. The molecule has 1 saturated heterocycles. The molecule has 1 amide bonds. The first kappa shape index (κ1) is 20.7. The van der Waals surface area contributed by atoms with Crippen molar-refractivity contribution in [3.05, 3.63) is 34.9 Å². The van der Waals surface area contributed by atoms with Gasteiger partial charge in [0.1, 0.15) is 0 Å². The van der Waals surface area contributed by atoms with Crippen molar-refractivity contribution in [3.63, 3.8) is 0 Å². The first-order valence-corrected chi connectivity index (χ1v) is 9.36. The van der Waals surface area contributed by atoms with E-state index in [-0.39, 0.29) is 5.91 Å². The van der Waals surface area contributed by atoms with Gasteiger partial charge in [-0.25, -0.2) is 0 Å². The van der Waals surface area contributed by atoms with Gasteiger partial charge in [0.15, 0.2) is 0 Å². The standard InChI is InChI=1S/C16H22N2O2.2C2H6/c1-12-3-4-15-14(9-12)11-18(16(15)19)10-13(2)17-5-7-20-8-6-17;2*1-2/h3-4,9,13H,5-8,10-11H2,1-2H3;2*1-2H3. The van der Waals surface area contributed by atoms with Crippen LogP contribution < -0.4 is 0 Å². The number of ether oxygens (including phenoxy) is 1. The molecule has 4 nitrogen and oxygen atoms in total. The van der Waals surface area contributed by atoms with Gasteiger partial charge in [-0.2, -0.15) is 0 Å². The fourth-order valence-electron chi connectivity index (χ4n) is 3.11. The van der Waals surface area contributed by atoms with Gasteiger partial charge in [0, 0.05) is 37.8 Å². The number of benzene rings is 1. The van der Waals surface area contributed by atoms with Crippen LogP contribution in [-0.4, -0.2) is 54.6 Å². The average molecular weight is 335 g/mol. The number of aryl methyl sites for hydroxylation is 1. The van der Waals surface area contributed by atoms with Gasteiger partial charge < -0.3 is 9.64 Å². The molecule has 0 aliphatic carbocycles. The molecular formula is C20H34N2O2. The van der Waals surface area contributed by atoms with E-state index in [4.69, 9.17) is 4.74 Å². The molecule has 0 aromatic heterocycles. The Kier molecular flexibility index (Phi) is 9.01. The van der Waals surface area contributed by atoms with E-state index in [1.54, 1.807) is 0 Å². The topological polar surface area (TPSA) is 32.8 Å². The van der Waals surface area contributed by atoms with Crippen LogP contribution in [0.2, 0.25) is 0 Å². The number of nitrogens with zero attached hydrogens (tertiary/aromatic N) is 2. The molecule has 136 valence electrons. The summed E-state index contributed by atoms with van der Waals surface area (Å²) in [4.78, 5) is 16.8. The molecule has 1 fully saturated rings. The zero-order valence-corrected chi connectivity index (χ0v) is 16.3. The highest BCUT2D eigenvalue weighted by molar-refractivity contribution is 5.98. The molecule has 0 radical (unpaired) electrons. The Bertz CT molecular complexity index is 510. The summed E-state index contributed by atoms with van der Waals surface area (Å²) in [7, 11) is 0. The van der Waals surface area contributed by atoms with Gasteiger partial charge in [-0.15, -0.1) is 0 Å². The van der Waals surface area contributed by atoms with Crippen LogP contribution in [0.15, 0.2) is 18.2 Å². The molecule has 0 saturated carbocycles. The van der Waals surface area contributed by atoms with E-state index in [0.29, 0.717) is 6.04 Å². The van der Waals surface area contributed by atoms with Crippen LogP contribution in [0.3, 0.4) is 0 Å². The first-order valence-electron chi connectivity index (χ1n) is 9.36. The number of rotatable bonds is 3. The van der Waals surface area contributed by atoms with Crippen LogP contribution >= 0.6 is 0 Å². The van der Waals surface area contributed by atoms with Crippen molar-refractivity contribution in [1.82, 2.24) is 9.80 Å². The third kappa shape index (κ3) is 5.05. The number of amides is 1. The quantitative estimate of drug-likeness (QED) is 0.844. The zero-order valence-electron chi connectivity index (χ0n) is 16.3. The predicted molar refractivity (Wildman–Crippen MR) is 100 cm³/mol. The molecular weight excluding hydrogens is 300 g/mol. The van der Waals surface area contributed by atoms with Crippen molar-refractivity contribution in [2.24, 2.45) is 0 Å². The van der Waals surface area contributed by atoms with Crippen LogP contribution in [0.4, 0.5) is 0 Å². The highest BCUT2D eigenvalue weighted by atomic mass is 16.5. The lowest BCUT2D eigenvalue weighted by Crippen LogP contribution is -2.47. The normalized spacial score (nSPS) is 18.1. The highest BCUT2D eigenvalue weighted by Crippen LogP contribution is 2.24. The molecule has 4 heteroatoms. The number of hydrogen-bond donors (Lipinski definition) is 0. The number of morpholine rings is 1. The molecule has 2 aliphatic heterocycles. The van der Waals surface area contributed by atoms with Crippen molar-refractivity contribution in [3.8, 4) is 0 Å². The Morgan fingerprint density at radius 1 is 1.12 bits per heavy atom. The molecule has 0 N–H and O–H groups in total. The van der Waals surface area contributed by atoms with E-state index < -0.39 is 0 Å². The Labute approximate surface area is 147 Å². The van der Waals surface area contributed by atoms with Crippen LogP contribution in [0.25, 0.3) is 0 Å². The number of fused-ring (bicyclic) bond motifs is 1. The van der Waals surface area contributed by atoms with Crippen LogP contribution in [0, 0.1) is 6.92 Å². The van der Waals surface area contributed by atoms with Gasteiger partial charge in [-0.1, -0.05) is 45.4 Å². The summed E-state index contributed by atoms with van der Waals surface area (Å²) in [6.45, 7) is 17.4. The SMILES string of the molecule is CC.CC.Cc1ccc2c(c1)CN(CC(C)N1CCOCC1)C2=O. The van der Waals surface area contributed by atoms with Crippen molar-refractivity contribution < 1.29 is 9.53 Å². The lowest BCUT2D eigenvalue weighted by atomic mass is 10.1. The summed E-state index contributed by atoms with van der Waals surface area (Å²) < 4.78 is 5.38. The third-order valence-electron chi connectivity index (χ3n) is 4.29. The second kappa shape index (κ2) is 10.5. The molecule has 0 bridgehead atoms. The van der Waals surface area contributed by atoms with E-state index in [2.05, 4.69) is 24.8 Å². The van der Waals surface area contributed by atoms with E-state index in [1.165, 1.54) is 11.1 Å². The van der Waals surface area contributed by atoms with Gasteiger partial charge in [0.25, 0.3) is 5.91 Å². The molecule has 1 aromatic rings. The Morgan fingerprint density at radius 3 is 2.38 bits per heavy atom. The van der Waals surface area contributed by atoms with E-state index in [9.17, 15) is 4.79 Å². The number of hydrogen-bond acceptors (Lipinski definition) is 3. The lowest BCUT2D eigenvalue weighted by molar-refractivity contribution is 0.0128. The summed E-state index contributed by atoms with van der Waals surface area (Å²) in [5, 5.41) is 0. The summed E-state index contributed by atoms with van der Waals surface area (Å²) >= 11 is 0. The Balaban J connectivity index is 0.000000671. The monoisotopic (exact) mass is 334 g/mol. The molecule has 1 aromatic carbocycles. The minimum atomic E-state index is 0.181. The number of carbonyl (C=O) groups is 1. The van der Waals surface area contributed by atoms with Gasteiger partial charge in [0.05, 0.1) is 13.2 Å². The number of carbonyl (C=O) groups excluding carboxylic acids is 1. The minimum absolute atomic E-state index is 0.181. The maximum absolute atomic E-state index is 12.4. The zero-order chi connectivity index (χ0) is 18.1. The second-order valence-electron chi connectivity index (χ2n) is 5.84. The maximum Gasteiger partial charge on any atom is 0.254 e. The van der Waals surface area contributed by atoms with Gasteiger partial charge in [0.2, 0.25) is 0 Å². The molecule has 2 aliphatic rings. The Hall–Kier alpha value is -1.39. The second-order valence-corrected chi connectivity index (χ2v) is 5.84. The van der Waals surface area contributed by atoms with Crippen molar-refractivity contribution in [2.45, 2.75) is 54.1 Å². The molecule has 2 heterocycles. The predicted octanol–water partition coefficient (Wildman–Crippen LogP) is 3.72. The van der Waals surface area contributed by atoms with Gasteiger partial charge in [-0.3, -0.25) is 9.69 Å². The maximum atomic E-state index is 12.4. The smallest absolute Gasteiger partial charge is 0.254 e. The van der Waals surface area contributed by atoms with E-state index >= 15 is 0 Å². The van der Waals surface area contributed by atoms with Crippen LogP contribution in [-0.2, 0) is 11.3 Å². The summed E-state index contributed by atoms with van der Waals surface area (Å²) in [6.07, 6.45) is 0. The molecule has 1 atom stereocenters. The van der Waals surface area contributed by atoms with Crippen molar-refractivity contribution in [2.75, 3.05) is 32.8 Å². The van der Waals surface area contributed by atoms with Crippen LogP contribution in [0.5, 0.6) is 0 Å². The largest absolute Gasteiger partial charge is 0.379 e. The molecule has 24 heavy (non-hydrogen) atoms.